The molecule has 146 valence electrons. The van der Waals surface area contributed by atoms with E-state index in [4.69, 9.17) is 4.74 Å². The number of nitrogens with zero attached hydrogens (tertiary/aromatic N) is 1. The summed E-state index contributed by atoms with van der Waals surface area (Å²) >= 11 is 3.34. The minimum Gasteiger partial charge on any atom is -0.465 e. The summed E-state index contributed by atoms with van der Waals surface area (Å²) in [5, 5.41) is 2.72. The van der Waals surface area contributed by atoms with E-state index in [1.54, 1.807) is 24.3 Å². The first-order chi connectivity index (χ1) is 13.5. The van der Waals surface area contributed by atoms with Crippen LogP contribution in [0.4, 0.5) is 0 Å². The normalized spacial score (nSPS) is 16.4. The van der Waals surface area contributed by atoms with E-state index in [1.807, 2.05) is 30.3 Å². The Morgan fingerprint density at radius 1 is 1.11 bits per heavy atom. The first kappa shape index (κ1) is 20.1. The van der Waals surface area contributed by atoms with E-state index in [1.165, 1.54) is 4.90 Å². The minimum absolute atomic E-state index is 0.164. The van der Waals surface area contributed by atoms with Crippen LogP contribution < -0.4 is 5.32 Å². The van der Waals surface area contributed by atoms with E-state index < -0.39 is 12.0 Å². The van der Waals surface area contributed by atoms with Gasteiger partial charge in [0.1, 0.15) is 6.04 Å². The summed E-state index contributed by atoms with van der Waals surface area (Å²) < 4.78 is 6.14. The van der Waals surface area contributed by atoms with Gasteiger partial charge in [-0.25, -0.2) is 0 Å². The Kier molecular flexibility index (Phi) is 6.81. The van der Waals surface area contributed by atoms with Gasteiger partial charge in [-0.2, -0.15) is 0 Å². The van der Waals surface area contributed by atoms with E-state index in [0.717, 1.165) is 10.0 Å². The molecule has 1 heterocycles. The van der Waals surface area contributed by atoms with Crippen LogP contribution in [-0.4, -0.2) is 48.4 Å². The summed E-state index contributed by atoms with van der Waals surface area (Å²) in [6, 6.07) is 15.7. The van der Waals surface area contributed by atoms with Gasteiger partial charge in [0.05, 0.1) is 13.0 Å². The van der Waals surface area contributed by atoms with Crippen molar-refractivity contribution in [1.29, 1.82) is 0 Å². The summed E-state index contributed by atoms with van der Waals surface area (Å²) in [5.74, 6) is -1.10. The van der Waals surface area contributed by atoms with Gasteiger partial charge in [0.15, 0.2) is 0 Å². The number of hydrogen-bond acceptors (Lipinski definition) is 4. The van der Waals surface area contributed by atoms with Crippen LogP contribution in [0.5, 0.6) is 0 Å². The molecule has 1 N–H and O–H groups in total. The van der Waals surface area contributed by atoms with Crippen molar-refractivity contribution in [1.82, 2.24) is 10.2 Å². The molecule has 3 rings (SSSR count). The minimum atomic E-state index is -0.867. The number of amides is 2. The Bertz CT molecular complexity index is 839. The third-order valence-corrected chi connectivity index (χ3v) is 5.07. The number of carbonyl (C=O) groups excluding carboxylic acids is 3. The third kappa shape index (κ3) is 5.19. The predicted molar refractivity (Wildman–Crippen MR) is 108 cm³/mol. The quantitative estimate of drug-likeness (QED) is 0.694. The standard InChI is InChI=1S/C21H21BrN2O4/c22-17-8-6-16(7-9-17)21(27)24-12-11-23-20(26)18(24)14-19(25)28-13-10-15-4-2-1-3-5-15/h1-9,18H,10-14H2,(H,23,26). The summed E-state index contributed by atoms with van der Waals surface area (Å²) in [5.41, 5.74) is 1.54. The number of nitrogens with one attached hydrogen (secondary N) is 1. The van der Waals surface area contributed by atoms with Crippen LogP contribution in [0.25, 0.3) is 0 Å². The summed E-state index contributed by atoms with van der Waals surface area (Å²) in [6.45, 7) is 0.946. The largest absolute Gasteiger partial charge is 0.465 e. The zero-order valence-electron chi connectivity index (χ0n) is 15.3. The molecule has 0 aromatic heterocycles. The molecular weight excluding hydrogens is 424 g/mol. The number of hydrogen-bond donors (Lipinski definition) is 1. The smallest absolute Gasteiger partial charge is 0.308 e. The fourth-order valence-electron chi connectivity index (χ4n) is 3.06. The van der Waals surface area contributed by atoms with Gasteiger partial charge in [0.25, 0.3) is 5.91 Å². The Morgan fingerprint density at radius 3 is 2.54 bits per heavy atom. The lowest BCUT2D eigenvalue weighted by Crippen LogP contribution is -2.57. The van der Waals surface area contributed by atoms with Crippen LogP contribution in [0.15, 0.2) is 59.1 Å². The molecule has 1 saturated heterocycles. The Morgan fingerprint density at radius 2 is 1.82 bits per heavy atom. The van der Waals surface area contributed by atoms with E-state index >= 15 is 0 Å². The van der Waals surface area contributed by atoms with Gasteiger partial charge in [-0.1, -0.05) is 46.3 Å². The molecule has 2 aromatic carbocycles. The van der Waals surface area contributed by atoms with E-state index in [2.05, 4.69) is 21.2 Å². The van der Waals surface area contributed by atoms with Crippen molar-refractivity contribution in [3.8, 4) is 0 Å². The fourth-order valence-corrected chi connectivity index (χ4v) is 3.33. The van der Waals surface area contributed by atoms with E-state index in [-0.39, 0.29) is 24.8 Å². The summed E-state index contributed by atoms with van der Waals surface area (Å²) in [7, 11) is 0. The van der Waals surface area contributed by atoms with Crippen LogP contribution in [0.2, 0.25) is 0 Å². The van der Waals surface area contributed by atoms with Gasteiger partial charge in [0.2, 0.25) is 5.91 Å². The number of piperazine rings is 1. The molecule has 0 saturated carbocycles. The van der Waals surface area contributed by atoms with Crippen molar-refractivity contribution >= 4 is 33.7 Å². The van der Waals surface area contributed by atoms with Crippen LogP contribution >= 0.6 is 15.9 Å². The molecule has 7 heteroatoms. The molecule has 1 aliphatic rings. The maximum Gasteiger partial charge on any atom is 0.308 e. The average molecular weight is 445 g/mol. The highest BCUT2D eigenvalue weighted by Gasteiger charge is 2.35. The van der Waals surface area contributed by atoms with Gasteiger partial charge in [-0.15, -0.1) is 0 Å². The van der Waals surface area contributed by atoms with Crippen molar-refractivity contribution in [2.75, 3.05) is 19.7 Å². The van der Waals surface area contributed by atoms with E-state index in [9.17, 15) is 14.4 Å². The van der Waals surface area contributed by atoms with Gasteiger partial charge >= 0.3 is 5.97 Å². The second-order valence-corrected chi connectivity index (χ2v) is 7.39. The Hall–Kier alpha value is -2.67. The maximum atomic E-state index is 12.8. The molecule has 0 aliphatic carbocycles. The molecule has 0 spiro atoms. The van der Waals surface area contributed by atoms with Crippen molar-refractivity contribution < 1.29 is 19.1 Å². The first-order valence-electron chi connectivity index (χ1n) is 9.08. The van der Waals surface area contributed by atoms with Gasteiger partial charge < -0.3 is 15.0 Å². The van der Waals surface area contributed by atoms with Crippen molar-refractivity contribution in [2.45, 2.75) is 18.9 Å². The van der Waals surface area contributed by atoms with Gasteiger partial charge in [0, 0.05) is 29.5 Å². The van der Waals surface area contributed by atoms with Crippen molar-refractivity contribution in [3.63, 3.8) is 0 Å². The van der Waals surface area contributed by atoms with Crippen LogP contribution in [0, 0.1) is 0 Å². The number of benzene rings is 2. The SMILES string of the molecule is O=C(CC1C(=O)NCCN1C(=O)c1ccc(Br)cc1)OCCc1ccccc1. The number of carbonyl (C=O) groups is 3. The lowest BCUT2D eigenvalue weighted by Gasteiger charge is -2.34. The molecule has 28 heavy (non-hydrogen) atoms. The highest BCUT2D eigenvalue weighted by atomic mass is 79.9. The van der Waals surface area contributed by atoms with Crippen molar-refractivity contribution in [3.05, 3.63) is 70.2 Å². The maximum absolute atomic E-state index is 12.8. The molecule has 6 nitrogen and oxygen atoms in total. The first-order valence-corrected chi connectivity index (χ1v) is 9.87. The highest BCUT2D eigenvalue weighted by molar-refractivity contribution is 9.10. The fraction of sp³-hybridized carbons (Fsp3) is 0.286. The number of ether oxygens (including phenoxy) is 1. The van der Waals surface area contributed by atoms with Gasteiger partial charge in [-0.3, -0.25) is 14.4 Å². The third-order valence-electron chi connectivity index (χ3n) is 4.54. The second-order valence-electron chi connectivity index (χ2n) is 6.47. The number of rotatable bonds is 6. The molecule has 1 atom stereocenters. The van der Waals surface area contributed by atoms with Crippen LogP contribution in [0.3, 0.4) is 0 Å². The topological polar surface area (TPSA) is 75.7 Å². The number of halogens is 1. The lowest BCUT2D eigenvalue weighted by molar-refractivity contribution is -0.147. The zero-order valence-corrected chi connectivity index (χ0v) is 16.9. The Labute approximate surface area is 172 Å². The molecule has 1 unspecified atom stereocenters. The second kappa shape index (κ2) is 9.50. The van der Waals surface area contributed by atoms with E-state index in [0.29, 0.717) is 25.1 Å². The lowest BCUT2D eigenvalue weighted by atomic mass is 10.1. The predicted octanol–water partition coefficient (Wildman–Crippen LogP) is 2.57. The molecule has 1 aliphatic heterocycles. The molecule has 2 aromatic rings. The number of esters is 1. The molecule has 1 fully saturated rings. The zero-order chi connectivity index (χ0) is 19.9. The molecular formula is C21H21BrN2O4. The molecule has 0 bridgehead atoms. The summed E-state index contributed by atoms with van der Waals surface area (Å²) in [4.78, 5) is 38.8. The van der Waals surface area contributed by atoms with Crippen molar-refractivity contribution in [2.24, 2.45) is 0 Å². The average Bonchev–Trinajstić information content (AvgIpc) is 2.70. The highest BCUT2D eigenvalue weighted by Crippen LogP contribution is 2.17. The van der Waals surface area contributed by atoms with Crippen LogP contribution in [-0.2, 0) is 20.7 Å². The van der Waals surface area contributed by atoms with Crippen LogP contribution in [0.1, 0.15) is 22.3 Å². The monoisotopic (exact) mass is 444 g/mol. The summed E-state index contributed by atoms with van der Waals surface area (Å²) in [6.07, 6.45) is 0.438. The molecule has 0 radical (unpaired) electrons. The Balaban J connectivity index is 1.60. The molecule has 2 amide bonds. The van der Waals surface area contributed by atoms with Gasteiger partial charge in [-0.05, 0) is 29.8 Å².